The second kappa shape index (κ2) is 6.65. The number of fused-ring (bicyclic) bond motifs is 1. The maximum absolute atomic E-state index is 14.4. The molecule has 0 atom stereocenters. The van der Waals surface area contributed by atoms with Crippen LogP contribution in [-0.4, -0.2) is 41.4 Å². The molecule has 0 aliphatic carbocycles. The summed E-state index contributed by atoms with van der Waals surface area (Å²) in [7, 11) is 0. The van der Waals surface area contributed by atoms with Crippen LogP contribution in [0.15, 0.2) is 53.7 Å². The molecule has 2 aliphatic rings. The summed E-state index contributed by atoms with van der Waals surface area (Å²) in [5.74, 6) is -0.352. The molecule has 2 aliphatic heterocycles. The molecule has 1 aromatic carbocycles. The number of halogens is 2. The van der Waals surface area contributed by atoms with E-state index in [-0.39, 0.29) is 11.9 Å². The van der Waals surface area contributed by atoms with Crippen LogP contribution in [0.5, 0.6) is 0 Å². The van der Waals surface area contributed by atoms with Gasteiger partial charge in [-0.2, -0.15) is 0 Å². The van der Waals surface area contributed by atoms with Gasteiger partial charge in [-0.3, -0.25) is 9.98 Å². The lowest BCUT2D eigenvalue weighted by atomic mass is 9.99. The average molecular weight is 394 g/mol. The third kappa shape index (κ3) is 2.95. The predicted molar refractivity (Wildman–Crippen MR) is 111 cm³/mol. The number of aliphatic imine (C=N–C) groups is 1. The van der Waals surface area contributed by atoms with Gasteiger partial charge in [-0.1, -0.05) is 17.7 Å². The smallest absolute Gasteiger partial charge is 0.132 e. The zero-order chi connectivity index (χ0) is 19.3. The highest BCUT2D eigenvalue weighted by molar-refractivity contribution is 6.35. The molecule has 5 rings (SSSR count). The van der Waals surface area contributed by atoms with Crippen LogP contribution in [0.1, 0.15) is 11.3 Å². The van der Waals surface area contributed by atoms with Gasteiger partial charge in [0, 0.05) is 35.3 Å². The Kier molecular flexibility index (Phi) is 4.10. The van der Waals surface area contributed by atoms with E-state index >= 15 is 0 Å². The first-order valence-electron chi connectivity index (χ1n) is 9.06. The number of anilines is 1. The first kappa shape index (κ1) is 17.3. The second-order valence-electron chi connectivity index (χ2n) is 7.02. The third-order valence-corrected chi connectivity index (χ3v) is 5.29. The number of rotatable bonds is 3. The van der Waals surface area contributed by atoms with Gasteiger partial charge in [-0.25, -0.2) is 9.37 Å². The highest BCUT2D eigenvalue weighted by atomic mass is 35.5. The summed E-state index contributed by atoms with van der Waals surface area (Å²) in [6, 6.07) is 10.5. The fourth-order valence-corrected chi connectivity index (χ4v) is 3.76. The van der Waals surface area contributed by atoms with E-state index < -0.39 is 0 Å². The fraction of sp³-hybridized carbons (Fsp3) is 0.190. The van der Waals surface area contributed by atoms with Crippen LogP contribution >= 0.6 is 11.6 Å². The highest BCUT2D eigenvalue weighted by Gasteiger charge is 2.24. The third-order valence-electron chi connectivity index (χ3n) is 5.06. The van der Waals surface area contributed by atoms with Gasteiger partial charge in [0.1, 0.15) is 5.82 Å². The van der Waals surface area contributed by atoms with E-state index in [1.165, 1.54) is 12.1 Å². The number of benzene rings is 1. The van der Waals surface area contributed by atoms with Crippen molar-refractivity contribution in [1.82, 2.24) is 9.97 Å². The summed E-state index contributed by atoms with van der Waals surface area (Å²) in [6.07, 6.45) is 3.80. The zero-order valence-electron chi connectivity index (χ0n) is 14.9. The molecule has 3 aromatic rings. The molecular formula is C21H17ClFN5. The topological polar surface area (TPSA) is 67.4 Å². The Bertz CT molecular complexity index is 1150. The Morgan fingerprint density at radius 1 is 1.11 bits per heavy atom. The number of pyridine rings is 2. The summed E-state index contributed by atoms with van der Waals surface area (Å²) < 4.78 is 14.4. The molecule has 0 spiro atoms. The summed E-state index contributed by atoms with van der Waals surface area (Å²) in [5, 5.41) is 0.471. The lowest BCUT2D eigenvalue weighted by Crippen LogP contribution is -2.55. The Balaban J connectivity index is 1.53. The van der Waals surface area contributed by atoms with Gasteiger partial charge >= 0.3 is 0 Å². The second-order valence-corrected chi connectivity index (χ2v) is 7.46. The molecule has 28 heavy (non-hydrogen) atoms. The predicted octanol–water partition coefficient (Wildman–Crippen LogP) is 3.46. The van der Waals surface area contributed by atoms with Crippen molar-refractivity contribution in [2.75, 3.05) is 24.5 Å². The quantitative estimate of drug-likeness (QED) is 0.740. The molecule has 2 N–H and O–H groups in total. The number of allylic oxidation sites excluding steroid dienone is 1. The standard InChI is InChI=1S/C21H17ClFN5/c22-12-1-2-17(23)16(7-12)21-15(5-6-25-21)18-3-4-19-20(27-18)8-14(9-26-19)28-10-13(24)11-28/h1-5,7-9,13H,6,10-11,24H2. The molecule has 0 bridgehead atoms. The van der Waals surface area contributed by atoms with Crippen LogP contribution in [0.2, 0.25) is 5.02 Å². The summed E-state index contributed by atoms with van der Waals surface area (Å²) in [4.78, 5) is 15.9. The number of nitrogens with zero attached hydrogens (tertiary/aromatic N) is 4. The van der Waals surface area contributed by atoms with Crippen molar-refractivity contribution in [1.29, 1.82) is 0 Å². The van der Waals surface area contributed by atoms with Crippen molar-refractivity contribution in [2.45, 2.75) is 6.04 Å². The number of hydrogen-bond donors (Lipinski definition) is 1. The Labute approximate surface area is 166 Å². The molecule has 140 valence electrons. The Hall–Kier alpha value is -2.83. The van der Waals surface area contributed by atoms with Crippen molar-refractivity contribution < 1.29 is 4.39 Å². The first-order chi connectivity index (χ1) is 13.6. The lowest BCUT2D eigenvalue weighted by Gasteiger charge is -2.38. The summed E-state index contributed by atoms with van der Waals surface area (Å²) >= 11 is 6.07. The van der Waals surface area contributed by atoms with E-state index in [0.717, 1.165) is 41.1 Å². The van der Waals surface area contributed by atoms with Crippen LogP contribution in [0, 0.1) is 5.82 Å². The van der Waals surface area contributed by atoms with Gasteiger partial charge in [-0.15, -0.1) is 0 Å². The van der Waals surface area contributed by atoms with E-state index in [1.807, 2.05) is 30.5 Å². The maximum Gasteiger partial charge on any atom is 0.132 e. The molecule has 0 amide bonds. The van der Waals surface area contributed by atoms with Crippen molar-refractivity contribution in [2.24, 2.45) is 10.7 Å². The Morgan fingerprint density at radius 3 is 2.79 bits per heavy atom. The largest absolute Gasteiger partial charge is 0.367 e. The molecule has 2 aromatic heterocycles. The molecule has 4 heterocycles. The monoisotopic (exact) mass is 393 g/mol. The zero-order valence-corrected chi connectivity index (χ0v) is 15.7. The van der Waals surface area contributed by atoms with E-state index in [4.69, 9.17) is 22.3 Å². The van der Waals surface area contributed by atoms with Crippen LogP contribution in [-0.2, 0) is 0 Å². The maximum atomic E-state index is 14.4. The van der Waals surface area contributed by atoms with Crippen LogP contribution < -0.4 is 10.6 Å². The molecule has 0 saturated carbocycles. The van der Waals surface area contributed by atoms with E-state index in [0.29, 0.717) is 22.8 Å². The van der Waals surface area contributed by atoms with Crippen molar-refractivity contribution in [3.63, 3.8) is 0 Å². The van der Waals surface area contributed by atoms with Crippen molar-refractivity contribution in [3.05, 3.63) is 70.8 Å². The van der Waals surface area contributed by atoms with E-state index in [9.17, 15) is 4.39 Å². The van der Waals surface area contributed by atoms with Gasteiger partial charge in [0.25, 0.3) is 0 Å². The van der Waals surface area contributed by atoms with E-state index in [2.05, 4.69) is 14.9 Å². The SMILES string of the molecule is NC1CN(c2cnc3ccc(C4=CCN=C4c4cc(Cl)ccc4F)nc3c2)C1. The summed E-state index contributed by atoms with van der Waals surface area (Å²) in [6.45, 7) is 2.13. The average Bonchev–Trinajstić information content (AvgIpc) is 3.16. The Morgan fingerprint density at radius 2 is 1.96 bits per heavy atom. The first-order valence-corrected chi connectivity index (χ1v) is 9.44. The molecule has 7 heteroatoms. The van der Waals surface area contributed by atoms with Crippen molar-refractivity contribution >= 4 is 39.6 Å². The number of nitrogens with two attached hydrogens (primary N) is 1. The minimum atomic E-state index is -0.352. The van der Waals surface area contributed by atoms with Gasteiger partial charge in [0.05, 0.1) is 40.9 Å². The fourth-order valence-electron chi connectivity index (χ4n) is 3.59. The molecule has 1 fully saturated rings. The van der Waals surface area contributed by atoms with Gasteiger partial charge in [0.15, 0.2) is 0 Å². The number of hydrogen-bond acceptors (Lipinski definition) is 5. The van der Waals surface area contributed by atoms with Gasteiger partial charge in [-0.05, 0) is 36.4 Å². The van der Waals surface area contributed by atoms with Crippen molar-refractivity contribution in [3.8, 4) is 0 Å². The molecule has 0 unspecified atom stereocenters. The van der Waals surface area contributed by atoms with Gasteiger partial charge < -0.3 is 10.6 Å². The minimum absolute atomic E-state index is 0.213. The normalized spacial score (nSPS) is 16.9. The van der Waals surface area contributed by atoms with Crippen LogP contribution in [0.3, 0.4) is 0 Å². The highest BCUT2D eigenvalue weighted by Crippen LogP contribution is 2.29. The minimum Gasteiger partial charge on any atom is -0.367 e. The summed E-state index contributed by atoms with van der Waals surface area (Å²) in [5.41, 5.74) is 11.0. The molecule has 5 nitrogen and oxygen atoms in total. The number of aromatic nitrogens is 2. The van der Waals surface area contributed by atoms with Crippen LogP contribution in [0.4, 0.5) is 10.1 Å². The molecule has 0 radical (unpaired) electrons. The van der Waals surface area contributed by atoms with Crippen LogP contribution in [0.25, 0.3) is 16.6 Å². The molecule has 1 saturated heterocycles. The van der Waals surface area contributed by atoms with Gasteiger partial charge in [0.2, 0.25) is 0 Å². The lowest BCUT2D eigenvalue weighted by molar-refractivity contribution is 0.519. The van der Waals surface area contributed by atoms with E-state index in [1.54, 1.807) is 6.07 Å². The molecular weight excluding hydrogens is 377 g/mol.